The Labute approximate surface area is 191 Å². The molecule has 2 amide bonds. The maximum absolute atomic E-state index is 12.9. The zero-order chi connectivity index (χ0) is 22.5. The molecule has 2 N–H and O–H groups in total. The van der Waals surface area contributed by atoms with Crippen molar-refractivity contribution in [2.45, 2.75) is 13.0 Å². The predicted octanol–water partition coefficient (Wildman–Crippen LogP) is 2.12. The summed E-state index contributed by atoms with van der Waals surface area (Å²) in [5.41, 5.74) is 1.83. The van der Waals surface area contributed by atoms with Crippen molar-refractivity contribution in [1.29, 1.82) is 0 Å². The number of rotatable bonds is 6. The number of benzene rings is 1. The van der Waals surface area contributed by atoms with Crippen LogP contribution < -0.4 is 15.5 Å². The summed E-state index contributed by atoms with van der Waals surface area (Å²) in [6, 6.07) is 12.1. The number of amides is 2. The first-order valence-electron chi connectivity index (χ1n) is 10.5. The molecule has 2 aliphatic rings. The second-order valence-corrected chi connectivity index (χ2v) is 7.92. The van der Waals surface area contributed by atoms with Gasteiger partial charge in [0.25, 0.3) is 0 Å². The minimum Gasteiger partial charge on any atom is -0.463 e. The molecular formula is C22H25ClN6O3. The van der Waals surface area contributed by atoms with Crippen molar-refractivity contribution in [3.8, 4) is 0 Å². The number of piperazine rings is 1. The third-order valence-corrected chi connectivity index (χ3v) is 5.68. The summed E-state index contributed by atoms with van der Waals surface area (Å²) in [4.78, 5) is 29.6. The SMILES string of the molecule is CCOC(=O)C1=C(CN2CCN(c3ccc(Cl)nn3)CC2)NC(=O)N[C@@H]1c1ccccc1. The second-order valence-electron chi connectivity index (χ2n) is 7.53. The van der Waals surface area contributed by atoms with Crippen LogP contribution in [-0.4, -0.2) is 66.4 Å². The molecule has 2 aromatic rings. The van der Waals surface area contributed by atoms with Gasteiger partial charge in [-0.15, -0.1) is 10.2 Å². The van der Waals surface area contributed by atoms with Crippen LogP contribution in [0.1, 0.15) is 18.5 Å². The molecule has 0 saturated carbocycles. The van der Waals surface area contributed by atoms with Crippen LogP contribution in [0.3, 0.4) is 0 Å². The number of urea groups is 1. The molecule has 0 aliphatic carbocycles. The molecule has 9 nitrogen and oxygen atoms in total. The van der Waals surface area contributed by atoms with E-state index in [1.165, 1.54) is 0 Å². The number of ether oxygens (including phenoxy) is 1. The van der Waals surface area contributed by atoms with Crippen LogP contribution in [0.15, 0.2) is 53.7 Å². The average Bonchev–Trinajstić information content (AvgIpc) is 2.80. The summed E-state index contributed by atoms with van der Waals surface area (Å²) in [5, 5.41) is 14.1. The second kappa shape index (κ2) is 9.97. The quantitative estimate of drug-likeness (QED) is 0.642. The van der Waals surface area contributed by atoms with Gasteiger partial charge in [0.05, 0.1) is 18.2 Å². The van der Waals surface area contributed by atoms with Gasteiger partial charge in [-0.2, -0.15) is 0 Å². The third kappa shape index (κ3) is 5.00. The van der Waals surface area contributed by atoms with Crippen molar-refractivity contribution in [2.24, 2.45) is 0 Å². The van der Waals surface area contributed by atoms with E-state index in [4.69, 9.17) is 16.3 Å². The molecular weight excluding hydrogens is 432 g/mol. The van der Waals surface area contributed by atoms with Crippen molar-refractivity contribution in [3.63, 3.8) is 0 Å². The van der Waals surface area contributed by atoms with E-state index in [-0.39, 0.29) is 12.6 Å². The Morgan fingerprint density at radius 3 is 2.53 bits per heavy atom. The summed E-state index contributed by atoms with van der Waals surface area (Å²) in [6.07, 6.45) is 0. The highest BCUT2D eigenvalue weighted by Crippen LogP contribution is 2.28. The lowest BCUT2D eigenvalue weighted by Crippen LogP contribution is -2.52. The van der Waals surface area contributed by atoms with Gasteiger partial charge in [-0.3, -0.25) is 4.90 Å². The van der Waals surface area contributed by atoms with Crippen LogP contribution in [0.5, 0.6) is 0 Å². The van der Waals surface area contributed by atoms with E-state index in [1.54, 1.807) is 13.0 Å². The van der Waals surface area contributed by atoms with Gasteiger partial charge in [0, 0.05) is 38.4 Å². The topological polar surface area (TPSA) is 99.7 Å². The van der Waals surface area contributed by atoms with E-state index in [2.05, 4.69) is 30.6 Å². The first kappa shape index (κ1) is 22.0. The Bertz CT molecular complexity index is 990. The van der Waals surface area contributed by atoms with Crippen molar-refractivity contribution < 1.29 is 14.3 Å². The van der Waals surface area contributed by atoms with Crippen molar-refractivity contribution >= 4 is 29.4 Å². The smallest absolute Gasteiger partial charge is 0.338 e. The van der Waals surface area contributed by atoms with Gasteiger partial charge < -0.3 is 20.3 Å². The van der Waals surface area contributed by atoms with Crippen LogP contribution >= 0.6 is 11.6 Å². The monoisotopic (exact) mass is 456 g/mol. The first-order chi connectivity index (χ1) is 15.5. The number of anilines is 1. The number of hydrogen-bond acceptors (Lipinski definition) is 7. The molecule has 0 unspecified atom stereocenters. The normalized spacial score (nSPS) is 19.4. The van der Waals surface area contributed by atoms with Gasteiger partial charge in [-0.05, 0) is 24.6 Å². The highest BCUT2D eigenvalue weighted by molar-refractivity contribution is 6.29. The van der Waals surface area contributed by atoms with Crippen molar-refractivity contribution in [1.82, 2.24) is 25.7 Å². The lowest BCUT2D eigenvalue weighted by atomic mass is 9.95. The molecule has 0 spiro atoms. The lowest BCUT2D eigenvalue weighted by Gasteiger charge is -2.37. The molecule has 4 rings (SSSR count). The highest BCUT2D eigenvalue weighted by Gasteiger charge is 2.34. The van der Waals surface area contributed by atoms with Gasteiger partial charge in [0.1, 0.15) is 0 Å². The molecule has 32 heavy (non-hydrogen) atoms. The lowest BCUT2D eigenvalue weighted by molar-refractivity contribution is -0.139. The maximum Gasteiger partial charge on any atom is 0.338 e. The van der Waals surface area contributed by atoms with E-state index < -0.39 is 12.0 Å². The highest BCUT2D eigenvalue weighted by atomic mass is 35.5. The summed E-state index contributed by atoms with van der Waals surface area (Å²) in [6.45, 7) is 5.42. The molecule has 1 fully saturated rings. The number of nitrogens with one attached hydrogen (secondary N) is 2. The zero-order valence-corrected chi connectivity index (χ0v) is 18.5. The van der Waals surface area contributed by atoms with E-state index in [0.29, 0.717) is 23.0 Å². The molecule has 168 valence electrons. The van der Waals surface area contributed by atoms with E-state index in [0.717, 1.165) is 37.6 Å². The van der Waals surface area contributed by atoms with E-state index >= 15 is 0 Å². The minimum atomic E-state index is -0.565. The molecule has 1 saturated heterocycles. The number of aromatic nitrogens is 2. The molecule has 1 aromatic carbocycles. The molecule has 0 bridgehead atoms. The Morgan fingerprint density at radius 2 is 1.88 bits per heavy atom. The van der Waals surface area contributed by atoms with E-state index in [9.17, 15) is 9.59 Å². The fourth-order valence-corrected chi connectivity index (χ4v) is 4.03. The Kier molecular flexibility index (Phi) is 6.87. The Hall–Kier alpha value is -3.17. The summed E-state index contributed by atoms with van der Waals surface area (Å²) in [5.74, 6) is 0.346. The van der Waals surface area contributed by atoms with Crippen molar-refractivity contribution in [2.75, 3.05) is 44.2 Å². The van der Waals surface area contributed by atoms with Crippen LogP contribution in [0, 0.1) is 0 Å². The molecule has 2 aliphatic heterocycles. The first-order valence-corrected chi connectivity index (χ1v) is 10.9. The molecule has 3 heterocycles. The Balaban J connectivity index is 1.53. The Morgan fingerprint density at radius 1 is 1.12 bits per heavy atom. The number of carbonyl (C=O) groups is 2. The van der Waals surface area contributed by atoms with Gasteiger partial charge >= 0.3 is 12.0 Å². The van der Waals surface area contributed by atoms with Gasteiger partial charge in [0.2, 0.25) is 0 Å². The summed E-state index contributed by atoms with van der Waals surface area (Å²) < 4.78 is 5.33. The number of carbonyl (C=O) groups excluding carboxylic acids is 2. The van der Waals surface area contributed by atoms with Gasteiger partial charge in [-0.1, -0.05) is 41.9 Å². The summed E-state index contributed by atoms with van der Waals surface area (Å²) >= 11 is 5.83. The number of hydrogen-bond donors (Lipinski definition) is 2. The van der Waals surface area contributed by atoms with Crippen LogP contribution in [-0.2, 0) is 9.53 Å². The van der Waals surface area contributed by atoms with Gasteiger partial charge in [-0.25, -0.2) is 9.59 Å². The molecule has 10 heteroatoms. The maximum atomic E-state index is 12.9. The number of nitrogens with zero attached hydrogens (tertiary/aromatic N) is 4. The molecule has 1 atom stereocenters. The average molecular weight is 457 g/mol. The molecule has 0 radical (unpaired) electrons. The summed E-state index contributed by atoms with van der Waals surface area (Å²) in [7, 11) is 0. The largest absolute Gasteiger partial charge is 0.463 e. The van der Waals surface area contributed by atoms with Crippen LogP contribution in [0.4, 0.5) is 10.6 Å². The number of halogens is 1. The predicted molar refractivity (Wildman–Crippen MR) is 120 cm³/mol. The third-order valence-electron chi connectivity index (χ3n) is 5.48. The molecule has 1 aromatic heterocycles. The number of esters is 1. The standard InChI is InChI=1S/C22H25ClN6O3/c1-2-32-21(30)19-16(24-22(31)25-20(19)15-6-4-3-5-7-15)14-28-10-12-29(13-11-28)18-9-8-17(23)26-27-18/h3-9,20H,2,10-14H2,1H3,(H2,24,25,31)/t20-/m1/s1. The fourth-order valence-electron chi connectivity index (χ4n) is 3.92. The zero-order valence-electron chi connectivity index (χ0n) is 17.8. The van der Waals surface area contributed by atoms with Crippen molar-refractivity contribution in [3.05, 3.63) is 64.5 Å². The van der Waals surface area contributed by atoms with Gasteiger partial charge in [0.15, 0.2) is 11.0 Å². The van der Waals surface area contributed by atoms with Crippen LogP contribution in [0.25, 0.3) is 0 Å². The van der Waals surface area contributed by atoms with Crippen LogP contribution in [0.2, 0.25) is 5.15 Å². The van der Waals surface area contributed by atoms with E-state index in [1.807, 2.05) is 36.4 Å². The fraction of sp³-hybridized carbons (Fsp3) is 0.364. The minimum absolute atomic E-state index is 0.256.